The van der Waals surface area contributed by atoms with Crippen LogP contribution in [0.2, 0.25) is 5.02 Å². The van der Waals surface area contributed by atoms with Gasteiger partial charge in [-0.3, -0.25) is 9.59 Å². The Bertz CT molecular complexity index is 1040. The molecule has 30 heavy (non-hydrogen) atoms. The number of amides is 1. The van der Waals surface area contributed by atoms with Crippen molar-refractivity contribution in [3.05, 3.63) is 101 Å². The minimum atomic E-state index is -4.59. The van der Waals surface area contributed by atoms with Crippen molar-refractivity contribution in [1.82, 2.24) is 5.32 Å². The molecule has 8 heteroatoms. The SMILES string of the molecule is O=C(N[C@@H](Nc1cc(C(F)(F)F)ccc1Cl)C(=O)c1ccccc1)c1ccccc1. The van der Waals surface area contributed by atoms with Crippen LogP contribution in [-0.2, 0) is 6.18 Å². The molecule has 3 rings (SSSR count). The predicted molar refractivity (Wildman–Crippen MR) is 109 cm³/mol. The zero-order chi connectivity index (χ0) is 21.7. The van der Waals surface area contributed by atoms with Crippen LogP contribution in [0.4, 0.5) is 18.9 Å². The summed E-state index contributed by atoms with van der Waals surface area (Å²) >= 11 is 6.04. The number of carbonyl (C=O) groups is 2. The highest BCUT2D eigenvalue weighted by molar-refractivity contribution is 6.33. The molecule has 0 unspecified atom stereocenters. The number of nitrogens with one attached hydrogen (secondary N) is 2. The molecule has 3 aromatic rings. The van der Waals surface area contributed by atoms with E-state index in [1.807, 2.05) is 0 Å². The Balaban J connectivity index is 1.94. The fourth-order valence-corrected chi connectivity index (χ4v) is 2.88. The van der Waals surface area contributed by atoms with E-state index in [1.54, 1.807) is 60.7 Å². The molecule has 1 atom stereocenters. The lowest BCUT2D eigenvalue weighted by Crippen LogP contribution is -2.46. The van der Waals surface area contributed by atoms with Crippen LogP contribution in [0.1, 0.15) is 26.3 Å². The predicted octanol–water partition coefficient (Wildman–Crippen LogP) is 5.41. The van der Waals surface area contributed by atoms with E-state index in [1.165, 1.54) is 0 Å². The molecule has 3 aromatic carbocycles. The Morgan fingerprint density at radius 2 is 1.40 bits per heavy atom. The number of benzene rings is 3. The van der Waals surface area contributed by atoms with E-state index in [4.69, 9.17) is 11.6 Å². The number of halogens is 4. The van der Waals surface area contributed by atoms with E-state index < -0.39 is 29.6 Å². The summed E-state index contributed by atoms with van der Waals surface area (Å²) in [4.78, 5) is 25.5. The number of hydrogen-bond acceptors (Lipinski definition) is 3. The molecule has 0 fully saturated rings. The Kier molecular flexibility index (Phi) is 6.42. The van der Waals surface area contributed by atoms with E-state index in [0.29, 0.717) is 5.56 Å². The summed E-state index contributed by atoms with van der Waals surface area (Å²) in [6.45, 7) is 0. The Labute approximate surface area is 175 Å². The number of Topliss-reactive ketones (excluding diaryl/α,β-unsaturated/α-hetero) is 1. The van der Waals surface area contributed by atoms with Crippen molar-refractivity contribution < 1.29 is 22.8 Å². The third-order valence-electron chi connectivity index (χ3n) is 4.23. The van der Waals surface area contributed by atoms with E-state index in [9.17, 15) is 22.8 Å². The molecular formula is C22H16ClF3N2O2. The second-order valence-corrected chi connectivity index (χ2v) is 6.75. The number of hydrogen-bond donors (Lipinski definition) is 2. The van der Waals surface area contributed by atoms with Gasteiger partial charge in [0.2, 0.25) is 5.78 Å². The lowest BCUT2D eigenvalue weighted by molar-refractivity contribution is -0.137. The molecule has 4 nitrogen and oxygen atoms in total. The van der Waals surface area contributed by atoms with Crippen molar-refractivity contribution in [2.75, 3.05) is 5.32 Å². The summed E-state index contributed by atoms with van der Waals surface area (Å²) in [6.07, 6.45) is -5.94. The zero-order valence-electron chi connectivity index (χ0n) is 15.4. The third-order valence-corrected chi connectivity index (χ3v) is 4.56. The number of alkyl halides is 3. The summed E-state index contributed by atoms with van der Waals surface area (Å²) in [6, 6.07) is 18.9. The summed E-state index contributed by atoms with van der Waals surface area (Å²) in [5.74, 6) is -1.10. The van der Waals surface area contributed by atoms with E-state index in [0.717, 1.165) is 18.2 Å². The van der Waals surface area contributed by atoms with E-state index in [2.05, 4.69) is 10.6 Å². The third kappa shape index (κ3) is 5.18. The van der Waals surface area contributed by atoms with Crippen molar-refractivity contribution in [2.24, 2.45) is 0 Å². The largest absolute Gasteiger partial charge is 0.416 e. The van der Waals surface area contributed by atoms with Gasteiger partial charge in [-0.25, -0.2) is 0 Å². The Morgan fingerprint density at radius 3 is 1.97 bits per heavy atom. The van der Waals surface area contributed by atoms with Gasteiger partial charge in [-0.1, -0.05) is 60.1 Å². The topological polar surface area (TPSA) is 58.2 Å². The minimum Gasteiger partial charge on any atom is -0.358 e. The van der Waals surface area contributed by atoms with Crippen LogP contribution < -0.4 is 10.6 Å². The van der Waals surface area contributed by atoms with Crippen molar-refractivity contribution in [2.45, 2.75) is 12.3 Å². The first kappa shape index (κ1) is 21.4. The normalized spacial score (nSPS) is 12.1. The van der Waals surface area contributed by atoms with Crippen LogP contribution in [-0.4, -0.2) is 17.9 Å². The molecule has 2 N–H and O–H groups in total. The highest BCUT2D eigenvalue weighted by Gasteiger charge is 2.32. The van der Waals surface area contributed by atoms with Crippen LogP contribution in [0.3, 0.4) is 0 Å². The van der Waals surface area contributed by atoms with Crippen LogP contribution in [0.5, 0.6) is 0 Å². The zero-order valence-corrected chi connectivity index (χ0v) is 16.2. The molecule has 0 aliphatic heterocycles. The average molecular weight is 433 g/mol. The van der Waals surface area contributed by atoms with Crippen LogP contribution in [0.15, 0.2) is 78.9 Å². The summed E-state index contributed by atoms with van der Waals surface area (Å²) in [5.41, 5.74) is -0.504. The maximum absolute atomic E-state index is 13.1. The molecule has 0 radical (unpaired) electrons. The highest BCUT2D eigenvalue weighted by atomic mass is 35.5. The van der Waals surface area contributed by atoms with Crippen molar-refractivity contribution in [3.63, 3.8) is 0 Å². The Morgan fingerprint density at radius 1 is 0.833 bits per heavy atom. The lowest BCUT2D eigenvalue weighted by Gasteiger charge is -2.22. The number of ketones is 1. The summed E-state index contributed by atoms with van der Waals surface area (Å²) < 4.78 is 39.3. The summed E-state index contributed by atoms with van der Waals surface area (Å²) in [7, 11) is 0. The standard InChI is InChI=1S/C22H16ClF3N2O2/c23-17-12-11-16(22(24,25)26)13-18(17)27-20(19(29)14-7-3-1-4-8-14)28-21(30)15-9-5-2-6-10-15/h1-13,20,27H,(H,28,30)/t20-/m1/s1. The smallest absolute Gasteiger partial charge is 0.358 e. The van der Waals surface area contributed by atoms with Gasteiger partial charge in [-0.2, -0.15) is 13.2 Å². The molecule has 0 aliphatic carbocycles. The van der Waals surface area contributed by atoms with Gasteiger partial charge >= 0.3 is 6.18 Å². The van der Waals surface area contributed by atoms with Gasteiger partial charge in [0.1, 0.15) is 0 Å². The molecule has 0 saturated heterocycles. The molecule has 1 amide bonds. The first-order valence-electron chi connectivity index (χ1n) is 8.84. The van der Waals surface area contributed by atoms with Gasteiger partial charge in [-0.15, -0.1) is 0 Å². The Hall–Kier alpha value is -3.32. The lowest BCUT2D eigenvalue weighted by atomic mass is 10.1. The van der Waals surface area contributed by atoms with Crippen molar-refractivity contribution >= 4 is 29.0 Å². The number of rotatable bonds is 6. The maximum atomic E-state index is 13.1. The molecule has 154 valence electrons. The van der Waals surface area contributed by atoms with E-state index >= 15 is 0 Å². The molecule has 0 spiro atoms. The highest BCUT2D eigenvalue weighted by Crippen LogP contribution is 2.34. The molecule has 0 bridgehead atoms. The van der Waals surface area contributed by atoms with Crippen molar-refractivity contribution in [1.29, 1.82) is 0 Å². The number of anilines is 1. The van der Waals surface area contributed by atoms with E-state index in [-0.39, 0.29) is 16.3 Å². The fourth-order valence-electron chi connectivity index (χ4n) is 2.71. The quantitative estimate of drug-likeness (QED) is 0.404. The monoisotopic (exact) mass is 432 g/mol. The van der Waals surface area contributed by atoms with Crippen LogP contribution >= 0.6 is 11.6 Å². The maximum Gasteiger partial charge on any atom is 0.416 e. The number of carbonyl (C=O) groups excluding carboxylic acids is 2. The first-order chi connectivity index (χ1) is 14.3. The minimum absolute atomic E-state index is 0.0252. The van der Waals surface area contributed by atoms with Crippen LogP contribution in [0.25, 0.3) is 0 Å². The molecule has 0 aliphatic rings. The fraction of sp³-hybridized carbons (Fsp3) is 0.0909. The summed E-state index contributed by atoms with van der Waals surface area (Å²) in [5, 5.41) is 5.15. The molecule has 0 heterocycles. The van der Waals surface area contributed by atoms with Gasteiger partial charge < -0.3 is 10.6 Å². The second-order valence-electron chi connectivity index (χ2n) is 6.34. The van der Waals surface area contributed by atoms with Gasteiger partial charge in [0.25, 0.3) is 5.91 Å². The van der Waals surface area contributed by atoms with Crippen LogP contribution in [0, 0.1) is 0 Å². The molecule has 0 saturated carbocycles. The molecule has 0 aromatic heterocycles. The van der Waals surface area contributed by atoms with Gasteiger partial charge in [0, 0.05) is 11.1 Å². The molecular weight excluding hydrogens is 417 g/mol. The average Bonchev–Trinajstić information content (AvgIpc) is 2.74. The van der Waals surface area contributed by atoms with Gasteiger partial charge in [0.05, 0.1) is 16.3 Å². The van der Waals surface area contributed by atoms with Crippen molar-refractivity contribution in [3.8, 4) is 0 Å². The van der Waals surface area contributed by atoms with Gasteiger partial charge in [-0.05, 0) is 30.3 Å². The van der Waals surface area contributed by atoms with Gasteiger partial charge in [0.15, 0.2) is 6.17 Å². The second kappa shape index (κ2) is 9.00. The first-order valence-corrected chi connectivity index (χ1v) is 9.22.